The van der Waals surface area contributed by atoms with Gasteiger partial charge >= 0.3 is 6.09 Å². The van der Waals surface area contributed by atoms with E-state index in [-0.39, 0.29) is 18.4 Å². The molecule has 0 saturated carbocycles. The first-order valence-corrected chi connectivity index (χ1v) is 6.50. The Hall–Kier alpha value is -1.70. The molecule has 4 nitrogen and oxygen atoms in total. The second kappa shape index (κ2) is 7.78. The summed E-state index contributed by atoms with van der Waals surface area (Å²) in [6.45, 7) is 2.95. The van der Waals surface area contributed by atoms with Gasteiger partial charge in [-0.3, -0.25) is 5.32 Å². The molecule has 5 heteroatoms. The summed E-state index contributed by atoms with van der Waals surface area (Å²) < 4.78 is 5.21. The van der Waals surface area contributed by atoms with Crippen LogP contribution in [0.5, 0.6) is 5.75 Å². The van der Waals surface area contributed by atoms with Gasteiger partial charge in [0.25, 0.3) is 0 Å². The van der Waals surface area contributed by atoms with Gasteiger partial charge in [0.15, 0.2) is 0 Å². The van der Waals surface area contributed by atoms with Gasteiger partial charge in [0.1, 0.15) is 5.75 Å². The predicted octanol–water partition coefficient (Wildman–Crippen LogP) is 2.43. The van der Waals surface area contributed by atoms with Crippen molar-refractivity contribution in [2.75, 3.05) is 13.1 Å². The summed E-state index contributed by atoms with van der Waals surface area (Å²) in [5.41, 5.74) is 2.47. The zero-order valence-corrected chi connectivity index (χ0v) is 12.3. The summed E-state index contributed by atoms with van der Waals surface area (Å²) in [5, 5.41) is 5.90. The number of carbonyl (C=O) groups is 1. The van der Waals surface area contributed by atoms with E-state index in [0.29, 0.717) is 18.8 Å². The molecule has 0 aromatic heterocycles. The van der Waals surface area contributed by atoms with E-state index in [1.54, 1.807) is 0 Å². The van der Waals surface area contributed by atoms with Crippen LogP contribution < -0.4 is 15.4 Å². The molecule has 1 unspecified atom stereocenters. The smallest absolute Gasteiger partial charge is 0.410 e. The van der Waals surface area contributed by atoms with Crippen molar-refractivity contribution in [3.05, 3.63) is 29.3 Å². The van der Waals surface area contributed by atoms with Crippen molar-refractivity contribution in [3.8, 4) is 18.1 Å². The highest BCUT2D eigenvalue weighted by molar-refractivity contribution is 5.85. The van der Waals surface area contributed by atoms with Crippen molar-refractivity contribution < 1.29 is 9.53 Å². The molecule has 0 spiro atoms. The largest absolute Gasteiger partial charge is 0.412 e. The molecule has 2 N–H and O–H groups in total. The monoisotopic (exact) mass is 294 g/mol. The minimum absolute atomic E-state index is 0. The number of benzene rings is 1. The van der Waals surface area contributed by atoms with Crippen molar-refractivity contribution in [2.45, 2.75) is 25.8 Å². The number of hydrogen-bond acceptors (Lipinski definition) is 3. The first-order chi connectivity index (χ1) is 9.24. The van der Waals surface area contributed by atoms with E-state index >= 15 is 0 Å². The number of halogens is 1. The van der Waals surface area contributed by atoms with Crippen LogP contribution in [0.3, 0.4) is 0 Å². The average Bonchev–Trinajstić information content (AvgIpc) is 2.79. The maximum atomic E-state index is 11.4. The van der Waals surface area contributed by atoms with Crippen molar-refractivity contribution in [1.29, 1.82) is 0 Å². The van der Waals surface area contributed by atoms with Crippen molar-refractivity contribution in [2.24, 2.45) is 0 Å². The third kappa shape index (κ3) is 3.89. The third-order valence-electron chi connectivity index (χ3n) is 3.18. The normalized spacial score (nSPS) is 15.7. The number of nitrogens with one attached hydrogen (secondary N) is 2. The zero-order valence-electron chi connectivity index (χ0n) is 11.4. The molecule has 0 bridgehead atoms. The molecule has 108 valence electrons. The maximum absolute atomic E-state index is 11.4. The second-order valence-corrected chi connectivity index (χ2v) is 4.46. The number of hydrogen-bond donors (Lipinski definition) is 2. The number of rotatable bonds is 4. The quantitative estimate of drug-likeness (QED) is 0.839. The van der Waals surface area contributed by atoms with Crippen molar-refractivity contribution >= 4 is 18.5 Å². The fourth-order valence-corrected chi connectivity index (χ4v) is 2.33. The van der Waals surface area contributed by atoms with E-state index in [0.717, 1.165) is 12.8 Å². The molecule has 1 amide bonds. The van der Waals surface area contributed by atoms with E-state index in [4.69, 9.17) is 11.2 Å². The fourth-order valence-electron chi connectivity index (χ4n) is 2.33. The molecule has 0 radical (unpaired) electrons. The summed E-state index contributed by atoms with van der Waals surface area (Å²) in [6.07, 6.45) is 6.90. The van der Waals surface area contributed by atoms with Crippen molar-refractivity contribution in [3.63, 3.8) is 0 Å². The Morgan fingerprint density at radius 3 is 3.05 bits per heavy atom. The lowest BCUT2D eigenvalue weighted by Crippen LogP contribution is -2.26. The summed E-state index contributed by atoms with van der Waals surface area (Å²) >= 11 is 0. The topological polar surface area (TPSA) is 50.4 Å². The lowest BCUT2D eigenvalue weighted by atomic mass is 10.1. The van der Waals surface area contributed by atoms with Gasteiger partial charge in [-0.15, -0.1) is 18.8 Å². The number of aryl methyl sites for hydroxylation is 1. The summed E-state index contributed by atoms with van der Waals surface area (Å²) in [5.74, 6) is 3.15. The Morgan fingerprint density at radius 1 is 1.55 bits per heavy atom. The van der Waals surface area contributed by atoms with E-state index < -0.39 is 6.09 Å². The van der Waals surface area contributed by atoms with Gasteiger partial charge in [0.2, 0.25) is 0 Å². The van der Waals surface area contributed by atoms with Gasteiger partial charge in [0, 0.05) is 12.6 Å². The van der Waals surface area contributed by atoms with Crippen LogP contribution in [0.25, 0.3) is 0 Å². The van der Waals surface area contributed by atoms with Gasteiger partial charge in [-0.2, -0.15) is 0 Å². The van der Waals surface area contributed by atoms with Gasteiger partial charge in [0.05, 0.1) is 6.54 Å². The van der Waals surface area contributed by atoms with Crippen LogP contribution in [-0.2, 0) is 6.42 Å². The summed E-state index contributed by atoms with van der Waals surface area (Å²) in [6, 6.07) is 6.02. The van der Waals surface area contributed by atoms with Crippen LogP contribution in [0.1, 0.15) is 30.5 Å². The van der Waals surface area contributed by atoms with Gasteiger partial charge in [-0.05, 0) is 43.0 Å². The number of carbonyl (C=O) groups excluding carboxylic acids is 1. The molecule has 1 aliphatic carbocycles. The molecule has 1 atom stereocenters. The Kier molecular flexibility index (Phi) is 6.37. The van der Waals surface area contributed by atoms with Crippen LogP contribution in [-0.4, -0.2) is 19.2 Å². The molecule has 1 aromatic rings. The number of terminal acetylenes is 1. The second-order valence-electron chi connectivity index (χ2n) is 4.46. The molecular weight excluding hydrogens is 276 g/mol. The Morgan fingerprint density at radius 2 is 2.35 bits per heavy atom. The molecular formula is C15H19ClN2O2. The summed E-state index contributed by atoms with van der Waals surface area (Å²) in [7, 11) is 0. The summed E-state index contributed by atoms with van der Waals surface area (Å²) in [4.78, 5) is 11.4. The standard InChI is InChI=1S/C15H18N2O2.ClH/c1-3-9-17-14-8-6-11-5-7-12(10-13(11)14)19-15(18)16-4-2;/h1,5,7,10,14,17H,4,6,8-9H2,2H3,(H,16,18);1H. The SMILES string of the molecule is C#CCNC1CCc2ccc(OC(=O)NCC)cc21.Cl. The molecule has 0 fully saturated rings. The van der Waals surface area contributed by atoms with Crippen LogP contribution >= 0.6 is 12.4 Å². The minimum atomic E-state index is -0.423. The fraction of sp³-hybridized carbons (Fsp3) is 0.400. The van der Waals surface area contributed by atoms with Crippen molar-refractivity contribution in [1.82, 2.24) is 10.6 Å². The maximum Gasteiger partial charge on any atom is 0.412 e. The highest BCUT2D eigenvalue weighted by Crippen LogP contribution is 2.33. The van der Waals surface area contributed by atoms with E-state index in [2.05, 4.69) is 16.6 Å². The first-order valence-electron chi connectivity index (χ1n) is 6.50. The molecule has 1 aliphatic rings. The molecule has 0 saturated heterocycles. The molecule has 0 aliphatic heterocycles. The third-order valence-corrected chi connectivity index (χ3v) is 3.18. The minimum Gasteiger partial charge on any atom is -0.410 e. The van der Waals surface area contributed by atoms with E-state index in [1.165, 1.54) is 11.1 Å². The highest BCUT2D eigenvalue weighted by atomic mass is 35.5. The van der Waals surface area contributed by atoms with Crippen LogP contribution in [0.15, 0.2) is 18.2 Å². The van der Waals surface area contributed by atoms with Gasteiger partial charge in [-0.25, -0.2) is 4.79 Å². The highest BCUT2D eigenvalue weighted by Gasteiger charge is 2.22. The van der Waals surface area contributed by atoms with Crippen LogP contribution in [0.2, 0.25) is 0 Å². The van der Waals surface area contributed by atoms with Gasteiger partial charge < -0.3 is 10.1 Å². The van der Waals surface area contributed by atoms with Crippen LogP contribution in [0.4, 0.5) is 4.79 Å². The lowest BCUT2D eigenvalue weighted by Gasteiger charge is -2.13. The number of ether oxygens (including phenoxy) is 1. The lowest BCUT2D eigenvalue weighted by molar-refractivity contribution is 0.201. The number of amides is 1. The Bertz CT molecular complexity index is 511. The molecule has 1 aromatic carbocycles. The Balaban J connectivity index is 0.00000200. The van der Waals surface area contributed by atoms with E-state index in [9.17, 15) is 4.79 Å². The molecule has 20 heavy (non-hydrogen) atoms. The van der Waals surface area contributed by atoms with Gasteiger partial charge in [-0.1, -0.05) is 12.0 Å². The molecule has 2 rings (SSSR count). The Labute approximate surface area is 125 Å². The predicted molar refractivity (Wildman–Crippen MR) is 81.3 cm³/mol. The van der Waals surface area contributed by atoms with E-state index in [1.807, 2.05) is 25.1 Å². The average molecular weight is 295 g/mol. The van der Waals surface area contributed by atoms with Crippen LogP contribution in [0, 0.1) is 12.3 Å². The zero-order chi connectivity index (χ0) is 13.7. The molecule has 0 heterocycles. The first kappa shape index (κ1) is 16.4. The number of fused-ring (bicyclic) bond motifs is 1.